The fraction of sp³-hybridized carbons (Fsp3) is 0.684. The molecular formula is C19H32O2S. The lowest BCUT2D eigenvalue weighted by atomic mass is 9.81. The van der Waals surface area contributed by atoms with Crippen molar-refractivity contribution in [1.82, 2.24) is 0 Å². The van der Waals surface area contributed by atoms with Crippen LogP contribution in [0.15, 0.2) is 12.1 Å². The number of aliphatic hydroxyl groups is 2. The molecule has 0 aliphatic rings. The molecule has 126 valence electrons. The van der Waals surface area contributed by atoms with E-state index in [1.54, 1.807) is 0 Å². The van der Waals surface area contributed by atoms with Gasteiger partial charge < -0.3 is 10.2 Å². The van der Waals surface area contributed by atoms with Crippen molar-refractivity contribution in [1.29, 1.82) is 0 Å². The lowest BCUT2D eigenvalue weighted by molar-refractivity contribution is 0.0159. The summed E-state index contributed by atoms with van der Waals surface area (Å²) in [6.45, 7) is 13.0. The highest BCUT2D eigenvalue weighted by molar-refractivity contribution is 7.80. The van der Waals surface area contributed by atoms with Crippen LogP contribution in [0.1, 0.15) is 94.1 Å². The topological polar surface area (TPSA) is 40.5 Å². The quantitative estimate of drug-likeness (QED) is 0.632. The number of hydrogen-bond donors (Lipinski definition) is 3. The monoisotopic (exact) mass is 324 g/mol. The molecule has 3 heteroatoms. The average molecular weight is 325 g/mol. The molecule has 0 heterocycles. The number of rotatable bonds is 7. The summed E-state index contributed by atoms with van der Waals surface area (Å²) in [7, 11) is 0. The SMILES string of the molecule is CC(C)c1cc(C(C)C)c(C(O)C(O)CCS)c(C(C)C)c1. The molecule has 2 N–H and O–H groups in total. The molecule has 0 aromatic heterocycles. The first-order valence-corrected chi connectivity index (χ1v) is 8.98. The van der Waals surface area contributed by atoms with Crippen molar-refractivity contribution in [2.75, 3.05) is 5.75 Å². The molecule has 2 atom stereocenters. The molecular weight excluding hydrogens is 292 g/mol. The minimum atomic E-state index is -0.844. The summed E-state index contributed by atoms with van der Waals surface area (Å²) in [4.78, 5) is 0. The second-order valence-electron chi connectivity index (χ2n) is 7.10. The smallest absolute Gasteiger partial charge is 0.105 e. The Bertz CT molecular complexity index is 451. The van der Waals surface area contributed by atoms with Gasteiger partial charge in [-0.3, -0.25) is 0 Å². The second-order valence-corrected chi connectivity index (χ2v) is 7.55. The lowest BCUT2D eigenvalue weighted by Crippen LogP contribution is -2.22. The Labute approximate surface area is 141 Å². The largest absolute Gasteiger partial charge is 0.390 e. The molecule has 0 fully saturated rings. The maximum Gasteiger partial charge on any atom is 0.105 e. The van der Waals surface area contributed by atoms with Gasteiger partial charge in [-0.2, -0.15) is 12.6 Å². The van der Waals surface area contributed by atoms with Gasteiger partial charge in [-0.05, 0) is 52.2 Å². The molecule has 0 spiro atoms. The van der Waals surface area contributed by atoms with E-state index in [0.717, 1.165) is 16.7 Å². The maximum absolute atomic E-state index is 10.7. The highest BCUT2D eigenvalue weighted by Crippen LogP contribution is 2.37. The van der Waals surface area contributed by atoms with Crippen LogP contribution in [0, 0.1) is 0 Å². The third-order valence-electron chi connectivity index (χ3n) is 4.26. The predicted octanol–water partition coefficient (Wildman–Crippen LogP) is 4.77. The fourth-order valence-corrected chi connectivity index (χ4v) is 3.10. The van der Waals surface area contributed by atoms with E-state index in [0.29, 0.717) is 29.9 Å². The molecule has 2 unspecified atom stereocenters. The Hall–Kier alpha value is -0.510. The zero-order chi connectivity index (χ0) is 17.0. The zero-order valence-electron chi connectivity index (χ0n) is 14.8. The van der Waals surface area contributed by atoms with E-state index >= 15 is 0 Å². The molecule has 0 saturated heterocycles. The number of thiol groups is 1. The maximum atomic E-state index is 10.7. The summed E-state index contributed by atoms with van der Waals surface area (Å²) < 4.78 is 0. The van der Waals surface area contributed by atoms with Crippen LogP contribution in [0.3, 0.4) is 0 Å². The van der Waals surface area contributed by atoms with Gasteiger partial charge in [0.15, 0.2) is 0 Å². The van der Waals surface area contributed by atoms with Gasteiger partial charge in [-0.1, -0.05) is 53.7 Å². The van der Waals surface area contributed by atoms with Gasteiger partial charge in [0.2, 0.25) is 0 Å². The third-order valence-corrected chi connectivity index (χ3v) is 4.52. The van der Waals surface area contributed by atoms with E-state index in [1.165, 1.54) is 5.56 Å². The van der Waals surface area contributed by atoms with E-state index in [-0.39, 0.29) is 0 Å². The molecule has 0 aliphatic heterocycles. The van der Waals surface area contributed by atoms with Crippen molar-refractivity contribution < 1.29 is 10.2 Å². The molecule has 22 heavy (non-hydrogen) atoms. The van der Waals surface area contributed by atoms with Gasteiger partial charge in [0.05, 0.1) is 6.10 Å². The first-order valence-electron chi connectivity index (χ1n) is 8.35. The van der Waals surface area contributed by atoms with Crippen molar-refractivity contribution in [2.45, 2.75) is 77.9 Å². The summed E-state index contributed by atoms with van der Waals surface area (Å²) in [5, 5.41) is 21.0. The highest BCUT2D eigenvalue weighted by atomic mass is 32.1. The molecule has 1 rings (SSSR count). The van der Waals surface area contributed by atoms with Gasteiger partial charge in [0, 0.05) is 0 Å². The Kier molecular flexibility index (Phi) is 7.43. The summed E-state index contributed by atoms with van der Waals surface area (Å²) in [6, 6.07) is 4.40. The van der Waals surface area contributed by atoms with E-state index in [4.69, 9.17) is 0 Å². The van der Waals surface area contributed by atoms with Gasteiger partial charge in [-0.15, -0.1) is 0 Å². The standard InChI is InChI=1S/C19H32O2S/c1-11(2)14-9-15(12(3)4)18(16(10-14)13(5)6)19(21)17(20)7-8-22/h9-13,17,19-22H,7-8H2,1-6H3. The van der Waals surface area contributed by atoms with Crippen molar-refractivity contribution in [2.24, 2.45) is 0 Å². The molecule has 0 radical (unpaired) electrons. The minimum Gasteiger partial charge on any atom is -0.390 e. The first kappa shape index (κ1) is 19.5. The van der Waals surface area contributed by atoms with Crippen molar-refractivity contribution >= 4 is 12.6 Å². The van der Waals surface area contributed by atoms with E-state index in [2.05, 4.69) is 66.3 Å². The molecule has 0 aliphatic carbocycles. The molecule has 0 bridgehead atoms. The van der Waals surface area contributed by atoms with E-state index in [9.17, 15) is 10.2 Å². The Morgan fingerprint density at radius 2 is 1.32 bits per heavy atom. The predicted molar refractivity (Wildman–Crippen MR) is 98.1 cm³/mol. The normalized spacial score (nSPS) is 14.9. The van der Waals surface area contributed by atoms with Gasteiger partial charge in [-0.25, -0.2) is 0 Å². The zero-order valence-corrected chi connectivity index (χ0v) is 15.7. The fourth-order valence-electron chi connectivity index (χ4n) is 2.84. The van der Waals surface area contributed by atoms with Gasteiger partial charge >= 0.3 is 0 Å². The van der Waals surface area contributed by atoms with Gasteiger partial charge in [0.1, 0.15) is 6.10 Å². The lowest BCUT2D eigenvalue weighted by Gasteiger charge is -2.28. The summed E-state index contributed by atoms with van der Waals surface area (Å²) >= 11 is 4.17. The minimum absolute atomic E-state index is 0.309. The molecule has 1 aromatic rings. The van der Waals surface area contributed by atoms with Crippen LogP contribution in [-0.4, -0.2) is 22.1 Å². The van der Waals surface area contributed by atoms with Crippen LogP contribution >= 0.6 is 12.6 Å². The number of hydrogen-bond acceptors (Lipinski definition) is 3. The first-order chi connectivity index (χ1) is 10.2. The third kappa shape index (κ3) is 4.50. The van der Waals surface area contributed by atoms with Crippen LogP contribution in [-0.2, 0) is 0 Å². The van der Waals surface area contributed by atoms with E-state index in [1.807, 2.05) is 0 Å². The van der Waals surface area contributed by atoms with Crippen molar-refractivity contribution in [3.63, 3.8) is 0 Å². The molecule has 0 amide bonds. The summed E-state index contributed by atoms with van der Waals surface area (Å²) in [5.41, 5.74) is 4.52. The Morgan fingerprint density at radius 3 is 1.64 bits per heavy atom. The van der Waals surface area contributed by atoms with E-state index < -0.39 is 12.2 Å². The molecule has 0 saturated carbocycles. The molecule has 1 aromatic carbocycles. The average Bonchev–Trinajstić information content (AvgIpc) is 2.44. The molecule has 2 nitrogen and oxygen atoms in total. The van der Waals surface area contributed by atoms with Crippen LogP contribution in [0.4, 0.5) is 0 Å². The summed E-state index contributed by atoms with van der Waals surface area (Å²) in [6.07, 6.45) is -1.12. The second kappa shape index (κ2) is 8.37. The van der Waals surface area contributed by atoms with Crippen LogP contribution in [0.25, 0.3) is 0 Å². The Morgan fingerprint density at radius 1 is 0.864 bits per heavy atom. The Balaban J connectivity index is 3.50. The van der Waals surface area contributed by atoms with Gasteiger partial charge in [0.25, 0.3) is 0 Å². The number of benzene rings is 1. The van der Waals surface area contributed by atoms with Crippen molar-refractivity contribution in [3.8, 4) is 0 Å². The number of aliphatic hydroxyl groups excluding tert-OH is 2. The van der Waals surface area contributed by atoms with Crippen LogP contribution in [0.5, 0.6) is 0 Å². The highest BCUT2D eigenvalue weighted by Gasteiger charge is 2.26. The summed E-state index contributed by atoms with van der Waals surface area (Å²) in [5.74, 6) is 1.63. The van der Waals surface area contributed by atoms with Crippen molar-refractivity contribution in [3.05, 3.63) is 34.4 Å². The van der Waals surface area contributed by atoms with Crippen LogP contribution in [0.2, 0.25) is 0 Å². The van der Waals surface area contributed by atoms with Crippen LogP contribution < -0.4 is 0 Å².